The Morgan fingerprint density at radius 1 is 0.708 bits per heavy atom. The number of halogens is 1. The van der Waals surface area contributed by atoms with Gasteiger partial charge in [0.25, 0.3) is 5.84 Å². The molecule has 2 N–H and O–H groups in total. The predicted octanol–water partition coefficient (Wildman–Crippen LogP) is 0.578. The van der Waals surface area contributed by atoms with E-state index in [-0.39, 0.29) is 12.4 Å². The second kappa shape index (κ2) is 8.32. The van der Waals surface area contributed by atoms with E-state index in [0.717, 1.165) is 22.8 Å². The monoisotopic (exact) mass is 336 g/mol. The number of anilines is 1. The van der Waals surface area contributed by atoms with E-state index in [2.05, 4.69) is 84.8 Å². The summed E-state index contributed by atoms with van der Waals surface area (Å²) in [5, 5.41) is 3.48. The molecule has 0 aromatic heterocycles. The van der Waals surface area contributed by atoms with Crippen LogP contribution in [0, 0.1) is 13.8 Å². The number of benzene rings is 3. The summed E-state index contributed by atoms with van der Waals surface area (Å²) in [7, 11) is 0. The van der Waals surface area contributed by atoms with Gasteiger partial charge in [0.15, 0.2) is 0 Å². The average molecular weight is 337 g/mol. The van der Waals surface area contributed by atoms with Crippen molar-refractivity contribution >= 4 is 17.2 Å². The average Bonchev–Trinajstić information content (AvgIpc) is 2.58. The quantitative estimate of drug-likeness (QED) is 0.531. The Hall–Kier alpha value is -2.58. The first kappa shape index (κ1) is 17.8. The van der Waals surface area contributed by atoms with Crippen molar-refractivity contribution in [3.8, 4) is 0 Å². The van der Waals surface area contributed by atoms with Gasteiger partial charge in [0.2, 0.25) is 0 Å². The number of para-hydroxylation sites is 1. The summed E-state index contributed by atoms with van der Waals surface area (Å²) in [5.41, 5.74) is 5.75. The third kappa shape index (κ3) is 4.71. The molecule has 24 heavy (non-hydrogen) atoms. The molecule has 0 atom stereocenters. The molecule has 0 saturated heterocycles. The SMILES string of the molecule is Cc1ccc([NH+]=C(Nc2ccccc2)c2ccc(C)cc2)cc1.[Cl-]. The fourth-order valence-electron chi connectivity index (χ4n) is 2.34. The largest absolute Gasteiger partial charge is 1.00 e. The van der Waals surface area contributed by atoms with E-state index in [9.17, 15) is 0 Å². The van der Waals surface area contributed by atoms with Crippen LogP contribution in [0.15, 0.2) is 78.9 Å². The van der Waals surface area contributed by atoms with Crippen LogP contribution in [0.2, 0.25) is 0 Å². The molecule has 3 heteroatoms. The predicted molar refractivity (Wildman–Crippen MR) is 97.2 cm³/mol. The van der Waals surface area contributed by atoms with Crippen molar-refractivity contribution in [3.05, 3.63) is 95.6 Å². The molecule has 0 radical (unpaired) electrons. The van der Waals surface area contributed by atoms with Crippen molar-refractivity contribution in [1.29, 1.82) is 0 Å². The van der Waals surface area contributed by atoms with Gasteiger partial charge in [-0.15, -0.1) is 0 Å². The molecule has 122 valence electrons. The molecule has 3 aromatic rings. The fraction of sp³-hybridized carbons (Fsp3) is 0.0952. The van der Waals surface area contributed by atoms with Crippen molar-refractivity contribution < 1.29 is 17.4 Å². The van der Waals surface area contributed by atoms with Gasteiger partial charge in [0.05, 0.1) is 5.56 Å². The molecule has 0 bridgehead atoms. The van der Waals surface area contributed by atoms with Gasteiger partial charge in [-0.25, -0.2) is 10.3 Å². The van der Waals surface area contributed by atoms with E-state index in [1.54, 1.807) is 0 Å². The zero-order valence-corrected chi connectivity index (χ0v) is 14.6. The number of rotatable bonds is 3. The number of nitrogens with one attached hydrogen (secondary N) is 2. The molecule has 0 unspecified atom stereocenters. The van der Waals surface area contributed by atoms with E-state index < -0.39 is 0 Å². The highest BCUT2D eigenvalue weighted by Gasteiger charge is 2.11. The molecule has 0 heterocycles. The Morgan fingerprint density at radius 3 is 1.83 bits per heavy atom. The highest BCUT2D eigenvalue weighted by Crippen LogP contribution is 2.09. The highest BCUT2D eigenvalue weighted by atomic mass is 35.5. The van der Waals surface area contributed by atoms with Crippen LogP contribution in [0.5, 0.6) is 0 Å². The van der Waals surface area contributed by atoms with Crippen molar-refractivity contribution in [2.24, 2.45) is 0 Å². The molecule has 0 spiro atoms. The van der Waals surface area contributed by atoms with E-state index in [1.807, 2.05) is 18.2 Å². The van der Waals surface area contributed by atoms with Crippen molar-refractivity contribution in [3.63, 3.8) is 0 Å². The Morgan fingerprint density at radius 2 is 1.25 bits per heavy atom. The summed E-state index contributed by atoms with van der Waals surface area (Å²) in [6.07, 6.45) is 0. The van der Waals surface area contributed by atoms with E-state index in [1.165, 1.54) is 11.1 Å². The fourth-order valence-corrected chi connectivity index (χ4v) is 2.34. The maximum atomic E-state index is 3.50. The maximum absolute atomic E-state index is 3.50. The minimum atomic E-state index is 0. The van der Waals surface area contributed by atoms with Crippen LogP contribution in [0.1, 0.15) is 16.7 Å². The molecule has 3 aromatic carbocycles. The van der Waals surface area contributed by atoms with Crippen molar-refractivity contribution in [2.45, 2.75) is 13.8 Å². The Kier molecular flexibility index (Phi) is 6.16. The lowest BCUT2D eigenvalue weighted by Crippen LogP contribution is -3.00. The van der Waals surface area contributed by atoms with Crippen LogP contribution in [0.3, 0.4) is 0 Å². The lowest BCUT2D eigenvalue weighted by Gasteiger charge is -2.05. The zero-order chi connectivity index (χ0) is 16.1. The third-order valence-corrected chi connectivity index (χ3v) is 3.70. The van der Waals surface area contributed by atoms with Crippen LogP contribution < -0.4 is 22.7 Å². The van der Waals surface area contributed by atoms with Crippen LogP contribution in [0.4, 0.5) is 11.4 Å². The summed E-state index contributed by atoms with van der Waals surface area (Å²) in [6.45, 7) is 4.19. The van der Waals surface area contributed by atoms with Gasteiger partial charge in [0, 0.05) is 0 Å². The van der Waals surface area contributed by atoms with Gasteiger partial charge >= 0.3 is 0 Å². The van der Waals surface area contributed by atoms with Crippen molar-refractivity contribution in [1.82, 2.24) is 0 Å². The van der Waals surface area contributed by atoms with Gasteiger partial charge < -0.3 is 12.4 Å². The molecule has 2 nitrogen and oxygen atoms in total. The standard InChI is InChI=1S/C21H20N2.ClH/c1-16-8-12-18(13-9-16)21(22-19-6-4-3-5-7-19)23-20-14-10-17(2)11-15-20;/h3-15H,1-2H3,(H,22,23);1H. The summed E-state index contributed by atoms with van der Waals surface area (Å²) < 4.78 is 0. The Balaban J connectivity index is 0.00000208. The first-order chi connectivity index (χ1) is 11.2. The van der Waals surface area contributed by atoms with Gasteiger partial charge in [0.1, 0.15) is 11.4 Å². The van der Waals surface area contributed by atoms with Crippen molar-refractivity contribution in [2.75, 3.05) is 5.32 Å². The minimum absolute atomic E-state index is 0. The first-order valence-corrected chi connectivity index (χ1v) is 7.80. The van der Waals surface area contributed by atoms with Gasteiger partial charge in [-0.2, -0.15) is 0 Å². The molecule has 0 saturated carbocycles. The second-order valence-corrected chi connectivity index (χ2v) is 5.72. The molecule has 3 rings (SSSR count). The Labute approximate surface area is 149 Å². The van der Waals surface area contributed by atoms with Gasteiger partial charge in [-0.1, -0.05) is 53.6 Å². The van der Waals surface area contributed by atoms with Crippen LogP contribution in [-0.4, -0.2) is 5.84 Å². The molecule has 0 aliphatic heterocycles. The Bertz CT molecular complexity index is 792. The van der Waals surface area contributed by atoms with E-state index in [4.69, 9.17) is 0 Å². The maximum Gasteiger partial charge on any atom is 0.285 e. The highest BCUT2D eigenvalue weighted by molar-refractivity contribution is 6.04. The number of hydrogen-bond donors (Lipinski definition) is 2. The lowest BCUT2D eigenvalue weighted by atomic mass is 10.1. The van der Waals surface area contributed by atoms with Crippen LogP contribution >= 0.6 is 0 Å². The number of amidine groups is 1. The summed E-state index contributed by atoms with van der Waals surface area (Å²) in [5.74, 6) is 0.972. The normalized spacial score (nSPS) is 10.8. The van der Waals surface area contributed by atoms with Crippen LogP contribution in [-0.2, 0) is 0 Å². The van der Waals surface area contributed by atoms with Crippen LogP contribution in [0.25, 0.3) is 0 Å². The summed E-state index contributed by atoms with van der Waals surface area (Å²) >= 11 is 0. The third-order valence-electron chi connectivity index (χ3n) is 3.70. The second-order valence-electron chi connectivity index (χ2n) is 5.72. The summed E-state index contributed by atoms with van der Waals surface area (Å²) in [6, 6.07) is 27.1. The molecule has 0 amide bonds. The molecule has 0 aliphatic rings. The number of hydrogen-bond acceptors (Lipinski definition) is 0. The zero-order valence-electron chi connectivity index (χ0n) is 13.9. The topological polar surface area (TPSA) is 26.0 Å². The van der Waals surface area contributed by atoms with E-state index >= 15 is 0 Å². The van der Waals surface area contributed by atoms with Gasteiger partial charge in [-0.05, 0) is 50.2 Å². The smallest absolute Gasteiger partial charge is 0.285 e. The molecular formula is C21H21ClN2. The van der Waals surface area contributed by atoms with Gasteiger partial charge in [-0.3, -0.25) is 0 Å². The molecule has 0 fully saturated rings. The number of aryl methyl sites for hydroxylation is 2. The lowest BCUT2D eigenvalue weighted by molar-refractivity contribution is -0.352. The molecule has 0 aliphatic carbocycles. The minimum Gasteiger partial charge on any atom is -1.00 e. The summed E-state index contributed by atoms with van der Waals surface area (Å²) in [4.78, 5) is 3.50. The van der Waals surface area contributed by atoms with E-state index in [0.29, 0.717) is 0 Å². The molecular weight excluding hydrogens is 316 g/mol. The first-order valence-electron chi connectivity index (χ1n) is 7.80.